The summed E-state index contributed by atoms with van der Waals surface area (Å²) >= 11 is 6.30. The fourth-order valence-corrected chi connectivity index (χ4v) is 4.15. The molecule has 3 fully saturated rings. The Hall–Kier alpha value is -2.02. The monoisotopic (exact) mass is 423 g/mol. The molecule has 3 N–H and O–H groups in total. The molecule has 3 saturated heterocycles. The van der Waals surface area contributed by atoms with E-state index in [1.54, 1.807) is 17.1 Å². The van der Waals surface area contributed by atoms with E-state index < -0.39 is 6.41 Å². The highest BCUT2D eigenvalue weighted by molar-refractivity contribution is 6.32. The Morgan fingerprint density at radius 2 is 2.07 bits per heavy atom. The quantitative estimate of drug-likeness (QED) is 0.613. The van der Waals surface area contributed by atoms with Crippen molar-refractivity contribution in [3.8, 4) is 0 Å². The van der Waals surface area contributed by atoms with E-state index in [1.807, 2.05) is 18.1 Å². The highest BCUT2D eigenvalue weighted by atomic mass is 35.5. The number of aliphatic hydroxyl groups excluding tert-OH is 1. The molecule has 156 valence electrons. The maximum absolute atomic E-state index is 9.99. The molecule has 2 aromatic rings. The average Bonchev–Trinajstić information content (AvgIpc) is 3.46. The summed E-state index contributed by atoms with van der Waals surface area (Å²) in [6.45, 7) is 2.07. The van der Waals surface area contributed by atoms with Gasteiger partial charge in [0.25, 0.3) is 0 Å². The first-order valence-electron chi connectivity index (χ1n) is 9.42. The Kier molecular flexibility index (Phi) is 5.02. The number of aromatic nitrogens is 4. The van der Waals surface area contributed by atoms with Gasteiger partial charge in [-0.15, -0.1) is 0 Å². The second-order valence-corrected chi connectivity index (χ2v) is 7.67. The standard InChI is InChI=1S/C17H22ClN7O4/c1-24-6-9(4-20-24)21-16-19-5-10(18)15(23-16)22-11-7-28-14-12(8-29-13(11)14)25-2-3-27-17(25)26/h4-6,11-14,17,26H,2-3,7-8H2,1H3,(H2,19,21,22,23)/t11-,12?,13?,14?,17?/m1/s1. The van der Waals surface area contributed by atoms with Crippen molar-refractivity contribution in [2.45, 2.75) is 30.7 Å². The number of nitrogens with one attached hydrogen (secondary N) is 2. The Balaban J connectivity index is 1.28. The van der Waals surface area contributed by atoms with Crippen LogP contribution >= 0.6 is 11.6 Å². The number of nitrogens with zero attached hydrogens (tertiary/aromatic N) is 5. The predicted molar refractivity (Wildman–Crippen MR) is 103 cm³/mol. The highest BCUT2D eigenvalue weighted by Gasteiger charge is 2.51. The molecule has 0 spiro atoms. The normalized spacial score (nSPS) is 31.9. The second kappa shape index (κ2) is 7.67. The number of aliphatic hydroxyl groups is 1. The third-order valence-electron chi connectivity index (χ3n) is 5.38. The molecule has 5 atom stereocenters. The molecule has 11 nitrogen and oxygen atoms in total. The lowest BCUT2D eigenvalue weighted by Gasteiger charge is -2.27. The molecule has 5 rings (SSSR count). The van der Waals surface area contributed by atoms with Crippen LogP contribution in [0.15, 0.2) is 18.6 Å². The van der Waals surface area contributed by atoms with E-state index >= 15 is 0 Å². The van der Waals surface area contributed by atoms with Crippen LogP contribution in [0.25, 0.3) is 0 Å². The van der Waals surface area contributed by atoms with Crippen LogP contribution in [0.2, 0.25) is 5.02 Å². The van der Waals surface area contributed by atoms with Crippen molar-refractivity contribution in [3.05, 3.63) is 23.6 Å². The molecule has 0 saturated carbocycles. The molecule has 29 heavy (non-hydrogen) atoms. The van der Waals surface area contributed by atoms with Gasteiger partial charge >= 0.3 is 0 Å². The SMILES string of the molecule is Cn1cc(Nc2ncc(Cl)c(N[C@@H]3COC4C3OCC4N3CCOC3O)n2)cn1. The number of rotatable bonds is 5. The molecular weight excluding hydrogens is 402 g/mol. The Morgan fingerprint density at radius 3 is 2.83 bits per heavy atom. The first kappa shape index (κ1) is 19.0. The summed E-state index contributed by atoms with van der Waals surface area (Å²) in [7, 11) is 1.83. The van der Waals surface area contributed by atoms with Crippen molar-refractivity contribution in [3.63, 3.8) is 0 Å². The van der Waals surface area contributed by atoms with Gasteiger partial charge in [0.1, 0.15) is 17.2 Å². The van der Waals surface area contributed by atoms with Gasteiger partial charge < -0.3 is 30.0 Å². The first-order chi connectivity index (χ1) is 14.1. The molecule has 4 unspecified atom stereocenters. The van der Waals surface area contributed by atoms with E-state index in [1.165, 1.54) is 0 Å². The zero-order valence-electron chi connectivity index (χ0n) is 15.7. The van der Waals surface area contributed by atoms with Gasteiger partial charge in [-0.25, -0.2) is 9.88 Å². The van der Waals surface area contributed by atoms with Crippen LogP contribution in [0.5, 0.6) is 0 Å². The fourth-order valence-electron chi connectivity index (χ4n) is 4.01. The minimum absolute atomic E-state index is 0.0482. The van der Waals surface area contributed by atoms with E-state index in [4.69, 9.17) is 25.8 Å². The van der Waals surface area contributed by atoms with Gasteiger partial charge in [-0.3, -0.25) is 4.68 Å². The number of hydrogen-bond donors (Lipinski definition) is 3. The Bertz CT molecular complexity index is 883. The van der Waals surface area contributed by atoms with Crippen molar-refractivity contribution < 1.29 is 19.3 Å². The number of anilines is 3. The van der Waals surface area contributed by atoms with Crippen molar-refractivity contribution in [1.82, 2.24) is 24.6 Å². The topological polar surface area (TPSA) is 119 Å². The predicted octanol–water partition coefficient (Wildman–Crippen LogP) is 0.162. The van der Waals surface area contributed by atoms with Crippen LogP contribution in [-0.4, -0.2) is 86.8 Å². The maximum atomic E-state index is 9.99. The molecule has 12 heteroatoms. The summed E-state index contributed by atoms with van der Waals surface area (Å²) in [4.78, 5) is 10.6. The molecular formula is C17H22ClN7O4. The maximum Gasteiger partial charge on any atom is 0.229 e. The molecule has 3 aliphatic heterocycles. The third-order valence-corrected chi connectivity index (χ3v) is 5.66. The van der Waals surface area contributed by atoms with E-state index in [0.29, 0.717) is 43.2 Å². The Labute approximate surface area is 171 Å². The summed E-state index contributed by atoms with van der Waals surface area (Å²) in [5.74, 6) is 0.904. The summed E-state index contributed by atoms with van der Waals surface area (Å²) in [5.41, 5.74) is 0.776. The summed E-state index contributed by atoms with van der Waals surface area (Å²) in [5, 5.41) is 20.9. The van der Waals surface area contributed by atoms with Gasteiger partial charge in [0.15, 0.2) is 5.82 Å². The van der Waals surface area contributed by atoms with Crippen LogP contribution in [-0.2, 0) is 21.3 Å². The van der Waals surface area contributed by atoms with Gasteiger partial charge in [0.05, 0.1) is 50.0 Å². The molecule has 0 radical (unpaired) electrons. The zero-order chi connectivity index (χ0) is 20.0. The van der Waals surface area contributed by atoms with Gasteiger partial charge in [0.2, 0.25) is 12.4 Å². The largest absolute Gasteiger partial charge is 0.371 e. The summed E-state index contributed by atoms with van der Waals surface area (Å²) in [6.07, 6.45) is 3.81. The van der Waals surface area contributed by atoms with Gasteiger partial charge in [0, 0.05) is 19.8 Å². The van der Waals surface area contributed by atoms with E-state index in [9.17, 15) is 5.11 Å². The fraction of sp³-hybridized carbons (Fsp3) is 0.588. The Morgan fingerprint density at radius 1 is 1.21 bits per heavy atom. The lowest BCUT2D eigenvalue weighted by atomic mass is 10.1. The van der Waals surface area contributed by atoms with E-state index in [0.717, 1.165) is 5.69 Å². The van der Waals surface area contributed by atoms with Crippen LogP contribution < -0.4 is 10.6 Å². The molecule has 3 aliphatic rings. The number of ether oxygens (including phenoxy) is 3. The molecule has 2 aromatic heterocycles. The molecule has 0 bridgehead atoms. The van der Waals surface area contributed by atoms with Crippen LogP contribution in [0.3, 0.4) is 0 Å². The van der Waals surface area contributed by atoms with Gasteiger partial charge in [-0.2, -0.15) is 10.1 Å². The molecule has 0 amide bonds. The third kappa shape index (κ3) is 3.65. The van der Waals surface area contributed by atoms with E-state index in [2.05, 4.69) is 25.7 Å². The zero-order valence-corrected chi connectivity index (χ0v) is 16.5. The van der Waals surface area contributed by atoms with Crippen LogP contribution in [0, 0.1) is 0 Å². The van der Waals surface area contributed by atoms with Crippen molar-refractivity contribution in [1.29, 1.82) is 0 Å². The number of hydrogen-bond acceptors (Lipinski definition) is 10. The van der Waals surface area contributed by atoms with Crippen molar-refractivity contribution >= 4 is 29.1 Å². The van der Waals surface area contributed by atoms with Crippen LogP contribution in [0.4, 0.5) is 17.5 Å². The number of aryl methyl sites for hydroxylation is 1. The molecule has 5 heterocycles. The minimum atomic E-state index is -0.907. The number of halogens is 1. The summed E-state index contributed by atoms with van der Waals surface area (Å²) in [6, 6.07) is -0.169. The van der Waals surface area contributed by atoms with E-state index in [-0.39, 0.29) is 24.3 Å². The van der Waals surface area contributed by atoms with Gasteiger partial charge in [-0.1, -0.05) is 11.6 Å². The van der Waals surface area contributed by atoms with Crippen molar-refractivity contribution in [2.75, 3.05) is 37.0 Å². The van der Waals surface area contributed by atoms with Gasteiger partial charge in [-0.05, 0) is 0 Å². The molecule has 0 aliphatic carbocycles. The smallest absolute Gasteiger partial charge is 0.229 e. The number of fused-ring (bicyclic) bond motifs is 1. The average molecular weight is 424 g/mol. The first-order valence-corrected chi connectivity index (χ1v) is 9.79. The lowest BCUT2D eigenvalue weighted by Crippen LogP contribution is -2.47. The van der Waals surface area contributed by atoms with Crippen molar-refractivity contribution in [2.24, 2.45) is 7.05 Å². The summed E-state index contributed by atoms with van der Waals surface area (Å²) < 4.78 is 18.9. The molecule has 0 aromatic carbocycles. The second-order valence-electron chi connectivity index (χ2n) is 7.27. The highest BCUT2D eigenvalue weighted by Crippen LogP contribution is 2.34. The van der Waals surface area contributed by atoms with Crippen LogP contribution in [0.1, 0.15) is 0 Å². The minimum Gasteiger partial charge on any atom is -0.371 e. The lowest BCUT2D eigenvalue weighted by molar-refractivity contribution is -0.154.